The van der Waals surface area contributed by atoms with Gasteiger partial charge in [0.2, 0.25) is 5.91 Å². The third-order valence-electron chi connectivity index (χ3n) is 6.05. The normalized spacial score (nSPS) is 15.7. The van der Waals surface area contributed by atoms with Gasteiger partial charge in [0.1, 0.15) is 17.6 Å². The zero-order valence-electron chi connectivity index (χ0n) is 19.1. The van der Waals surface area contributed by atoms with E-state index in [0.717, 1.165) is 39.1 Å². The Morgan fingerprint density at radius 3 is 2.79 bits per heavy atom. The fourth-order valence-corrected chi connectivity index (χ4v) is 4.37. The van der Waals surface area contributed by atoms with Gasteiger partial charge in [-0.25, -0.2) is 0 Å². The second-order valence-electron chi connectivity index (χ2n) is 8.44. The molecule has 5 rings (SSSR count). The van der Waals surface area contributed by atoms with Crippen molar-refractivity contribution in [1.82, 2.24) is 15.2 Å². The van der Waals surface area contributed by atoms with Gasteiger partial charge in [-0.1, -0.05) is 54.6 Å². The molecule has 1 aliphatic heterocycles. The van der Waals surface area contributed by atoms with Crippen LogP contribution in [0.15, 0.2) is 85.1 Å². The summed E-state index contributed by atoms with van der Waals surface area (Å²) in [5, 5.41) is 4.11. The molecule has 0 radical (unpaired) electrons. The van der Waals surface area contributed by atoms with Crippen LogP contribution in [0.2, 0.25) is 0 Å². The fourth-order valence-electron chi connectivity index (χ4n) is 4.37. The number of benzene rings is 3. The Morgan fingerprint density at radius 1 is 1.09 bits per heavy atom. The summed E-state index contributed by atoms with van der Waals surface area (Å²) in [5.74, 6) is 1.58. The van der Waals surface area contributed by atoms with Crippen molar-refractivity contribution in [3.05, 3.63) is 102 Å². The van der Waals surface area contributed by atoms with E-state index in [0.29, 0.717) is 19.6 Å². The minimum Gasteiger partial charge on any atom is -0.496 e. The number of hydrogen-bond acceptors (Lipinski definition) is 5. The third-order valence-corrected chi connectivity index (χ3v) is 6.05. The van der Waals surface area contributed by atoms with Crippen molar-refractivity contribution in [2.24, 2.45) is 0 Å². The first-order valence-corrected chi connectivity index (χ1v) is 11.4. The average Bonchev–Trinajstić information content (AvgIpc) is 3.06. The SMILES string of the molecule is COc1ccccc1[C@H]1CN(CC(=O)NCc2cnc3ccccc3c2)Cc2ccccc2O1. The van der Waals surface area contributed by atoms with Crippen LogP contribution in [0.1, 0.15) is 22.8 Å². The molecule has 0 unspecified atom stereocenters. The van der Waals surface area contributed by atoms with Crippen LogP contribution in [0.25, 0.3) is 10.9 Å². The lowest BCUT2D eigenvalue weighted by Gasteiger charge is -2.24. The van der Waals surface area contributed by atoms with Crippen LogP contribution < -0.4 is 14.8 Å². The predicted octanol–water partition coefficient (Wildman–Crippen LogP) is 4.50. The second-order valence-corrected chi connectivity index (χ2v) is 8.44. The van der Waals surface area contributed by atoms with E-state index in [-0.39, 0.29) is 18.6 Å². The molecule has 0 saturated carbocycles. The maximum atomic E-state index is 12.9. The lowest BCUT2D eigenvalue weighted by Crippen LogP contribution is -2.38. The maximum Gasteiger partial charge on any atom is 0.234 e. The molecule has 3 aromatic carbocycles. The van der Waals surface area contributed by atoms with Crippen molar-refractivity contribution in [1.29, 1.82) is 0 Å². The summed E-state index contributed by atoms with van der Waals surface area (Å²) in [6, 6.07) is 25.9. The van der Waals surface area contributed by atoms with Gasteiger partial charge in [-0.3, -0.25) is 14.7 Å². The molecular formula is C28H27N3O3. The largest absolute Gasteiger partial charge is 0.496 e. The van der Waals surface area contributed by atoms with Gasteiger partial charge in [-0.15, -0.1) is 0 Å². The van der Waals surface area contributed by atoms with Crippen LogP contribution in [-0.2, 0) is 17.9 Å². The molecule has 34 heavy (non-hydrogen) atoms. The number of pyridine rings is 1. The highest BCUT2D eigenvalue weighted by Gasteiger charge is 2.27. The van der Waals surface area contributed by atoms with Crippen molar-refractivity contribution in [2.45, 2.75) is 19.2 Å². The van der Waals surface area contributed by atoms with Crippen molar-refractivity contribution >= 4 is 16.8 Å². The highest BCUT2D eigenvalue weighted by atomic mass is 16.5. The lowest BCUT2D eigenvalue weighted by molar-refractivity contribution is -0.122. The van der Waals surface area contributed by atoms with Crippen LogP contribution in [0, 0.1) is 0 Å². The molecule has 1 aromatic heterocycles. The van der Waals surface area contributed by atoms with Gasteiger partial charge in [-0.05, 0) is 29.8 Å². The number of nitrogens with zero attached hydrogens (tertiary/aromatic N) is 2. The standard InChI is InChI=1S/C28H27N3O3/c1-33-26-13-7-4-10-23(26)27-18-31(17-22-9-3-6-12-25(22)34-27)19-28(32)30-16-20-14-21-8-2-5-11-24(21)29-15-20/h2-15,27H,16-19H2,1H3,(H,30,32)/t27-/m1/s1. The number of hydrogen-bond donors (Lipinski definition) is 1. The van der Waals surface area contributed by atoms with Crippen LogP contribution in [0.4, 0.5) is 0 Å². The van der Waals surface area contributed by atoms with Crippen LogP contribution in [-0.4, -0.2) is 36.0 Å². The molecule has 1 aliphatic rings. The zero-order chi connectivity index (χ0) is 23.3. The van der Waals surface area contributed by atoms with Crippen LogP contribution >= 0.6 is 0 Å². The van der Waals surface area contributed by atoms with Gasteiger partial charge in [-0.2, -0.15) is 0 Å². The van der Waals surface area contributed by atoms with Crippen LogP contribution in [0.5, 0.6) is 11.5 Å². The molecule has 0 bridgehead atoms. The summed E-state index contributed by atoms with van der Waals surface area (Å²) < 4.78 is 12.0. The first-order valence-electron chi connectivity index (χ1n) is 11.4. The number of rotatable bonds is 6. The third kappa shape index (κ3) is 4.87. The maximum absolute atomic E-state index is 12.9. The number of aromatic nitrogens is 1. The van der Waals surface area contributed by atoms with Gasteiger partial charge in [0.25, 0.3) is 0 Å². The molecule has 1 N–H and O–H groups in total. The highest BCUT2D eigenvalue weighted by Crippen LogP contribution is 2.34. The van der Waals surface area contributed by atoms with Gasteiger partial charge < -0.3 is 14.8 Å². The molecule has 1 atom stereocenters. The van der Waals surface area contributed by atoms with E-state index < -0.39 is 0 Å². The van der Waals surface area contributed by atoms with Gasteiger partial charge >= 0.3 is 0 Å². The Balaban J connectivity index is 1.30. The Kier molecular flexibility index (Phi) is 6.40. The van der Waals surface area contributed by atoms with Crippen molar-refractivity contribution in [3.63, 3.8) is 0 Å². The summed E-state index contributed by atoms with van der Waals surface area (Å²) in [4.78, 5) is 19.5. The Labute approximate surface area is 199 Å². The van der Waals surface area contributed by atoms with Crippen molar-refractivity contribution in [3.8, 4) is 11.5 Å². The van der Waals surface area contributed by atoms with E-state index in [2.05, 4.69) is 21.3 Å². The van der Waals surface area contributed by atoms with E-state index in [1.54, 1.807) is 7.11 Å². The number of fused-ring (bicyclic) bond motifs is 2. The van der Waals surface area contributed by atoms with E-state index in [9.17, 15) is 4.79 Å². The molecule has 4 aromatic rings. The molecule has 0 saturated heterocycles. The number of methoxy groups -OCH3 is 1. The number of carbonyl (C=O) groups is 1. The van der Waals surface area contributed by atoms with Gasteiger partial charge in [0.05, 0.1) is 19.2 Å². The van der Waals surface area contributed by atoms with E-state index >= 15 is 0 Å². The Bertz CT molecular complexity index is 1310. The zero-order valence-corrected chi connectivity index (χ0v) is 19.1. The smallest absolute Gasteiger partial charge is 0.234 e. The molecule has 0 fully saturated rings. The number of ether oxygens (including phenoxy) is 2. The summed E-state index contributed by atoms with van der Waals surface area (Å²) >= 11 is 0. The van der Waals surface area contributed by atoms with E-state index in [4.69, 9.17) is 9.47 Å². The highest BCUT2D eigenvalue weighted by molar-refractivity contribution is 5.80. The fraction of sp³-hybridized carbons (Fsp3) is 0.214. The molecule has 6 heteroatoms. The predicted molar refractivity (Wildman–Crippen MR) is 132 cm³/mol. The topological polar surface area (TPSA) is 63.7 Å². The molecule has 0 spiro atoms. The minimum absolute atomic E-state index is 0.0358. The monoisotopic (exact) mass is 453 g/mol. The Morgan fingerprint density at radius 2 is 1.88 bits per heavy atom. The van der Waals surface area contributed by atoms with Crippen molar-refractivity contribution in [2.75, 3.05) is 20.2 Å². The molecule has 1 amide bonds. The van der Waals surface area contributed by atoms with Crippen molar-refractivity contribution < 1.29 is 14.3 Å². The number of carbonyl (C=O) groups excluding carboxylic acids is 1. The molecule has 6 nitrogen and oxygen atoms in total. The summed E-state index contributed by atoms with van der Waals surface area (Å²) in [5.41, 5.74) is 3.95. The average molecular weight is 454 g/mol. The minimum atomic E-state index is -0.253. The first-order chi connectivity index (χ1) is 16.7. The summed E-state index contributed by atoms with van der Waals surface area (Å²) in [7, 11) is 1.66. The molecular weight excluding hydrogens is 426 g/mol. The number of nitrogens with one attached hydrogen (secondary N) is 1. The quantitative estimate of drug-likeness (QED) is 0.466. The first kappa shape index (κ1) is 21.9. The number of amides is 1. The van der Waals surface area contributed by atoms with Crippen LogP contribution in [0.3, 0.4) is 0 Å². The van der Waals surface area contributed by atoms with E-state index in [1.165, 1.54) is 0 Å². The summed E-state index contributed by atoms with van der Waals surface area (Å²) in [6.07, 6.45) is 1.56. The summed E-state index contributed by atoms with van der Waals surface area (Å²) in [6.45, 7) is 1.91. The Hall–Kier alpha value is -3.90. The second kappa shape index (κ2) is 9.93. The molecule has 172 valence electrons. The van der Waals surface area contributed by atoms with Gasteiger partial charge in [0, 0.05) is 42.3 Å². The van der Waals surface area contributed by atoms with Gasteiger partial charge in [0.15, 0.2) is 0 Å². The lowest BCUT2D eigenvalue weighted by atomic mass is 10.1. The number of para-hydroxylation sites is 3. The molecule has 0 aliphatic carbocycles. The molecule has 2 heterocycles. The van der Waals surface area contributed by atoms with E-state index in [1.807, 2.05) is 79.0 Å².